The lowest BCUT2D eigenvalue weighted by Crippen LogP contribution is -2.24. The summed E-state index contributed by atoms with van der Waals surface area (Å²) in [6, 6.07) is 27.3. The van der Waals surface area contributed by atoms with Crippen LogP contribution in [0.25, 0.3) is 11.6 Å². The zero-order valence-corrected chi connectivity index (χ0v) is 18.7. The van der Waals surface area contributed by atoms with Gasteiger partial charge in [0.2, 0.25) is 0 Å². The van der Waals surface area contributed by atoms with Crippen molar-refractivity contribution >= 4 is 29.2 Å². The fourth-order valence-corrected chi connectivity index (χ4v) is 3.42. The Morgan fingerprint density at radius 2 is 1.62 bits per heavy atom. The van der Waals surface area contributed by atoms with Crippen LogP contribution in [0.2, 0.25) is 0 Å². The summed E-state index contributed by atoms with van der Waals surface area (Å²) in [5.41, 5.74) is 2.85. The summed E-state index contributed by atoms with van der Waals surface area (Å²) in [4.78, 5) is 26.2. The van der Waals surface area contributed by atoms with Gasteiger partial charge in [-0.1, -0.05) is 54.6 Å². The fraction of sp³-hybridized carbons (Fsp3) is 0.0714. The second-order valence-electron chi connectivity index (χ2n) is 7.46. The van der Waals surface area contributed by atoms with Crippen LogP contribution < -0.4 is 15.4 Å². The van der Waals surface area contributed by atoms with Gasteiger partial charge < -0.3 is 19.8 Å². The number of carbonyl (C=O) groups excluding carboxylic acids is 2. The number of anilines is 1. The maximum Gasteiger partial charge on any atom is 0.256 e. The van der Waals surface area contributed by atoms with Gasteiger partial charge in [-0.05, 0) is 53.6 Å². The van der Waals surface area contributed by atoms with Crippen molar-refractivity contribution in [1.82, 2.24) is 5.32 Å². The number of hydrogen-bond acceptors (Lipinski definition) is 4. The van der Waals surface area contributed by atoms with Crippen LogP contribution in [-0.2, 0) is 11.3 Å². The van der Waals surface area contributed by atoms with Gasteiger partial charge in [-0.3, -0.25) is 9.59 Å². The molecule has 0 saturated heterocycles. The van der Waals surface area contributed by atoms with Crippen LogP contribution in [0.1, 0.15) is 27.2 Å². The maximum absolute atomic E-state index is 13.4. The molecule has 0 radical (unpaired) electrons. The monoisotopic (exact) mass is 452 g/mol. The van der Waals surface area contributed by atoms with Gasteiger partial charge in [0.15, 0.2) is 0 Å². The number of hydrogen-bond donors (Lipinski definition) is 2. The van der Waals surface area contributed by atoms with Crippen LogP contribution in [0.15, 0.2) is 102 Å². The van der Waals surface area contributed by atoms with Crippen molar-refractivity contribution in [3.05, 3.63) is 120 Å². The van der Waals surface area contributed by atoms with Crippen LogP contribution in [0.3, 0.4) is 0 Å². The average Bonchev–Trinajstić information content (AvgIpc) is 3.41. The molecule has 0 aliphatic carbocycles. The highest BCUT2D eigenvalue weighted by atomic mass is 16.5. The molecule has 0 aliphatic heterocycles. The molecular weight excluding hydrogens is 428 g/mol. The molecule has 170 valence electrons. The third kappa shape index (κ3) is 5.61. The topological polar surface area (TPSA) is 80.6 Å². The molecule has 1 aromatic heterocycles. The highest BCUT2D eigenvalue weighted by Gasteiger charge is 2.17. The Morgan fingerprint density at radius 3 is 2.32 bits per heavy atom. The third-order valence-electron chi connectivity index (χ3n) is 5.18. The first-order valence-corrected chi connectivity index (χ1v) is 10.8. The van der Waals surface area contributed by atoms with Crippen molar-refractivity contribution in [2.75, 3.05) is 12.4 Å². The van der Waals surface area contributed by atoms with Gasteiger partial charge in [0.05, 0.1) is 31.2 Å². The molecule has 0 bridgehead atoms. The van der Waals surface area contributed by atoms with E-state index in [-0.39, 0.29) is 18.4 Å². The van der Waals surface area contributed by atoms with E-state index >= 15 is 0 Å². The molecule has 0 unspecified atom stereocenters. The molecule has 34 heavy (non-hydrogen) atoms. The third-order valence-corrected chi connectivity index (χ3v) is 5.18. The molecule has 6 heteroatoms. The molecule has 4 rings (SSSR count). The lowest BCUT2D eigenvalue weighted by molar-refractivity contribution is -0.111. The number of carbonyl (C=O) groups is 2. The summed E-state index contributed by atoms with van der Waals surface area (Å²) in [7, 11) is 1.61. The second kappa shape index (κ2) is 10.8. The number of para-hydroxylation sites is 1. The summed E-state index contributed by atoms with van der Waals surface area (Å²) in [5.74, 6) is 0.738. The molecule has 1 heterocycles. The Bertz CT molecular complexity index is 1280. The standard InChI is InChI=1S/C28H24N2O4/c1-33-22-15-13-20(14-16-22)18-25(21-8-3-2-4-9-21)28(32)30-26-12-6-5-11-24(26)27(31)29-19-23-10-7-17-34-23/h2-18H,19H2,1H3,(H,29,31)(H,30,32). The van der Waals surface area contributed by atoms with Gasteiger partial charge in [0.1, 0.15) is 11.5 Å². The predicted molar refractivity (Wildman–Crippen MR) is 132 cm³/mol. The SMILES string of the molecule is COc1ccc(C=C(C(=O)Nc2ccccc2C(=O)NCc2ccco2)c2ccccc2)cc1. The predicted octanol–water partition coefficient (Wildman–Crippen LogP) is 5.40. The molecule has 4 aromatic rings. The van der Waals surface area contributed by atoms with Gasteiger partial charge in [-0.2, -0.15) is 0 Å². The Labute approximate surface area is 197 Å². The van der Waals surface area contributed by atoms with E-state index in [1.165, 1.54) is 0 Å². The zero-order chi connectivity index (χ0) is 23.8. The van der Waals surface area contributed by atoms with E-state index in [2.05, 4.69) is 10.6 Å². The lowest BCUT2D eigenvalue weighted by atomic mass is 10.0. The Morgan fingerprint density at radius 1 is 0.882 bits per heavy atom. The smallest absolute Gasteiger partial charge is 0.256 e. The van der Waals surface area contributed by atoms with E-state index in [1.807, 2.05) is 60.7 Å². The number of amides is 2. The van der Waals surface area contributed by atoms with Crippen molar-refractivity contribution < 1.29 is 18.7 Å². The minimum atomic E-state index is -0.326. The molecule has 2 amide bonds. The quantitative estimate of drug-likeness (QED) is 0.277. The molecule has 0 spiro atoms. The molecule has 0 fully saturated rings. The van der Waals surface area contributed by atoms with Crippen molar-refractivity contribution in [1.29, 1.82) is 0 Å². The first kappa shape index (κ1) is 22.6. The Hall–Kier alpha value is -4.58. The molecular formula is C28H24N2O4. The van der Waals surface area contributed by atoms with Crippen LogP contribution in [0, 0.1) is 0 Å². The van der Waals surface area contributed by atoms with E-state index in [9.17, 15) is 9.59 Å². The van der Waals surface area contributed by atoms with Crippen molar-refractivity contribution in [3.63, 3.8) is 0 Å². The Balaban J connectivity index is 1.59. The molecule has 2 N–H and O–H groups in total. The number of benzene rings is 3. The van der Waals surface area contributed by atoms with Crippen molar-refractivity contribution in [2.24, 2.45) is 0 Å². The average molecular weight is 453 g/mol. The minimum absolute atomic E-state index is 0.251. The van der Waals surface area contributed by atoms with Crippen molar-refractivity contribution in [2.45, 2.75) is 6.54 Å². The maximum atomic E-state index is 13.4. The van der Waals surface area contributed by atoms with Gasteiger partial charge in [-0.25, -0.2) is 0 Å². The highest BCUT2D eigenvalue weighted by molar-refractivity contribution is 6.29. The van der Waals surface area contributed by atoms with E-state index in [0.717, 1.165) is 16.9 Å². The van der Waals surface area contributed by atoms with Crippen molar-refractivity contribution in [3.8, 4) is 5.75 Å². The summed E-state index contributed by atoms with van der Waals surface area (Å²) in [6.45, 7) is 0.251. The minimum Gasteiger partial charge on any atom is -0.497 e. The zero-order valence-electron chi connectivity index (χ0n) is 18.7. The Kier molecular flexibility index (Phi) is 7.20. The largest absolute Gasteiger partial charge is 0.497 e. The number of methoxy groups -OCH3 is 1. The van der Waals surface area contributed by atoms with E-state index in [0.29, 0.717) is 22.6 Å². The fourth-order valence-electron chi connectivity index (χ4n) is 3.42. The lowest BCUT2D eigenvalue weighted by Gasteiger charge is -2.13. The second-order valence-corrected chi connectivity index (χ2v) is 7.46. The molecule has 0 aliphatic rings. The van der Waals surface area contributed by atoms with E-state index in [1.54, 1.807) is 49.8 Å². The normalized spacial score (nSPS) is 11.0. The number of ether oxygens (including phenoxy) is 1. The van der Waals surface area contributed by atoms with Gasteiger partial charge in [-0.15, -0.1) is 0 Å². The van der Waals surface area contributed by atoms with Crippen LogP contribution in [-0.4, -0.2) is 18.9 Å². The first-order valence-electron chi connectivity index (χ1n) is 10.8. The first-order chi connectivity index (χ1) is 16.6. The molecule has 0 saturated carbocycles. The van der Waals surface area contributed by atoms with Crippen LogP contribution in [0.4, 0.5) is 5.69 Å². The summed E-state index contributed by atoms with van der Waals surface area (Å²) < 4.78 is 10.5. The highest BCUT2D eigenvalue weighted by Crippen LogP contribution is 2.23. The van der Waals surface area contributed by atoms with Gasteiger partial charge >= 0.3 is 0 Å². The summed E-state index contributed by atoms with van der Waals surface area (Å²) >= 11 is 0. The number of rotatable bonds is 8. The number of nitrogens with one attached hydrogen (secondary N) is 2. The molecule has 3 aromatic carbocycles. The summed E-state index contributed by atoms with van der Waals surface area (Å²) in [5, 5.41) is 5.73. The number of furan rings is 1. The van der Waals surface area contributed by atoms with E-state index < -0.39 is 0 Å². The van der Waals surface area contributed by atoms with Gasteiger partial charge in [0.25, 0.3) is 11.8 Å². The summed E-state index contributed by atoms with van der Waals surface area (Å²) in [6.07, 6.45) is 3.36. The van der Waals surface area contributed by atoms with Gasteiger partial charge in [0, 0.05) is 5.57 Å². The van der Waals surface area contributed by atoms with Crippen LogP contribution >= 0.6 is 0 Å². The molecule has 6 nitrogen and oxygen atoms in total. The van der Waals surface area contributed by atoms with Crippen LogP contribution in [0.5, 0.6) is 5.75 Å². The van der Waals surface area contributed by atoms with E-state index in [4.69, 9.17) is 9.15 Å². The molecule has 0 atom stereocenters.